The number of carbonyl (C=O) groups excluding carboxylic acids is 2. The SMILES string of the molecule is C/C=C(F)\C=C(/CC(C)F)[C@H](CC(=O)N1C(=O)OC[C@@H]1Cc1ccccc1)C(F)(F)F. The van der Waals surface area contributed by atoms with Crippen LogP contribution >= 0.6 is 0 Å². The fourth-order valence-corrected chi connectivity index (χ4v) is 3.42. The number of cyclic esters (lactones) is 1. The molecule has 0 spiro atoms. The number of ether oxygens (including phenoxy) is 1. The van der Waals surface area contributed by atoms with Crippen LogP contribution in [-0.2, 0) is 16.0 Å². The molecule has 1 heterocycles. The molecule has 0 bridgehead atoms. The topological polar surface area (TPSA) is 46.6 Å². The van der Waals surface area contributed by atoms with E-state index >= 15 is 0 Å². The van der Waals surface area contributed by atoms with Crippen LogP contribution in [-0.4, -0.2) is 41.9 Å². The van der Waals surface area contributed by atoms with Crippen molar-refractivity contribution in [2.24, 2.45) is 5.92 Å². The van der Waals surface area contributed by atoms with E-state index in [1.165, 1.54) is 6.92 Å². The minimum atomic E-state index is -4.94. The molecule has 4 nitrogen and oxygen atoms in total. The monoisotopic (exact) mass is 445 g/mol. The summed E-state index contributed by atoms with van der Waals surface area (Å²) in [6.45, 7) is 2.18. The number of imide groups is 1. The van der Waals surface area contributed by atoms with Crippen LogP contribution < -0.4 is 0 Å². The normalized spacial score (nSPS) is 19.9. The third-order valence-electron chi connectivity index (χ3n) is 4.88. The van der Waals surface area contributed by atoms with Crippen molar-refractivity contribution in [3.63, 3.8) is 0 Å². The van der Waals surface area contributed by atoms with E-state index in [0.717, 1.165) is 18.6 Å². The number of carbonyl (C=O) groups is 2. The third kappa shape index (κ3) is 6.90. The Kier molecular flexibility index (Phi) is 8.36. The summed E-state index contributed by atoms with van der Waals surface area (Å²) in [6.07, 6.45) is -7.75. The maximum atomic E-state index is 13.8. The van der Waals surface area contributed by atoms with Gasteiger partial charge in [0.15, 0.2) is 0 Å². The molecule has 31 heavy (non-hydrogen) atoms. The van der Waals surface area contributed by atoms with Crippen LogP contribution in [0.2, 0.25) is 0 Å². The van der Waals surface area contributed by atoms with Crippen LogP contribution in [0.1, 0.15) is 32.3 Å². The second-order valence-electron chi connectivity index (χ2n) is 7.36. The highest BCUT2D eigenvalue weighted by molar-refractivity contribution is 5.93. The molecule has 0 radical (unpaired) electrons. The van der Waals surface area contributed by atoms with Crippen LogP contribution in [0, 0.1) is 5.92 Å². The summed E-state index contributed by atoms with van der Waals surface area (Å²) in [5.41, 5.74) is 0.177. The summed E-state index contributed by atoms with van der Waals surface area (Å²) in [5.74, 6) is -4.52. The molecule has 1 aliphatic rings. The summed E-state index contributed by atoms with van der Waals surface area (Å²) in [5, 5.41) is 0. The van der Waals surface area contributed by atoms with Crippen molar-refractivity contribution in [3.8, 4) is 0 Å². The molecule has 170 valence electrons. The molecule has 0 saturated carbocycles. The summed E-state index contributed by atoms with van der Waals surface area (Å²) in [4.78, 5) is 25.5. The average Bonchev–Trinajstić information content (AvgIpc) is 3.05. The summed E-state index contributed by atoms with van der Waals surface area (Å²) in [6, 6.07) is 8.03. The smallest absolute Gasteiger partial charge is 0.416 e. The van der Waals surface area contributed by atoms with Crippen molar-refractivity contribution < 1.29 is 36.3 Å². The molecule has 1 fully saturated rings. The predicted molar refractivity (Wildman–Crippen MR) is 104 cm³/mol. The van der Waals surface area contributed by atoms with Gasteiger partial charge in [0.05, 0.1) is 12.0 Å². The highest BCUT2D eigenvalue weighted by Gasteiger charge is 2.46. The molecule has 9 heteroatoms. The van der Waals surface area contributed by atoms with Gasteiger partial charge in [-0.15, -0.1) is 0 Å². The Balaban J connectivity index is 2.29. The Labute approximate surface area is 177 Å². The van der Waals surface area contributed by atoms with Crippen molar-refractivity contribution in [3.05, 3.63) is 59.4 Å². The lowest BCUT2D eigenvalue weighted by atomic mass is 9.89. The van der Waals surface area contributed by atoms with Crippen molar-refractivity contribution in [1.82, 2.24) is 4.90 Å². The van der Waals surface area contributed by atoms with Crippen LogP contribution in [0.5, 0.6) is 0 Å². The van der Waals surface area contributed by atoms with E-state index in [4.69, 9.17) is 4.74 Å². The molecule has 1 aliphatic heterocycles. The molecule has 1 unspecified atom stereocenters. The second-order valence-corrected chi connectivity index (χ2v) is 7.36. The first-order valence-corrected chi connectivity index (χ1v) is 9.78. The van der Waals surface area contributed by atoms with E-state index in [9.17, 15) is 31.5 Å². The number of allylic oxidation sites excluding steroid dienone is 4. The fraction of sp³-hybridized carbons (Fsp3) is 0.455. The van der Waals surface area contributed by atoms with Gasteiger partial charge < -0.3 is 4.74 Å². The first-order valence-electron chi connectivity index (χ1n) is 9.78. The van der Waals surface area contributed by atoms with Gasteiger partial charge in [-0.2, -0.15) is 13.2 Å². The standard InChI is InChI=1S/C22H24F5NO3/c1-3-17(24)11-16(9-14(2)23)19(22(25,26)27)12-20(29)28-18(13-31-21(28)30)10-15-7-5-4-6-8-15/h3-8,11,14,18-19H,9-10,12-13H2,1-2H3/b16-11+,17-3+/t14?,18-,19-/m0/s1. The Morgan fingerprint density at radius 2 is 1.90 bits per heavy atom. The molecule has 0 aromatic heterocycles. The van der Waals surface area contributed by atoms with E-state index in [1.807, 2.05) is 0 Å². The molecule has 2 rings (SSSR count). The van der Waals surface area contributed by atoms with Gasteiger partial charge in [-0.3, -0.25) is 4.79 Å². The van der Waals surface area contributed by atoms with Crippen molar-refractivity contribution in [2.45, 2.75) is 51.5 Å². The number of nitrogens with zero attached hydrogens (tertiary/aromatic N) is 1. The molecule has 3 atom stereocenters. The number of hydrogen-bond donors (Lipinski definition) is 0. The highest BCUT2D eigenvalue weighted by atomic mass is 19.4. The number of rotatable bonds is 8. The van der Waals surface area contributed by atoms with Crippen LogP contribution in [0.3, 0.4) is 0 Å². The van der Waals surface area contributed by atoms with Gasteiger partial charge in [-0.05, 0) is 31.9 Å². The lowest BCUT2D eigenvalue weighted by molar-refractivity contribution is -0.172. The van der Waals surface area contributed by atoms with E-state index in [1.54, 1.807) is 30.3 Å². The molecule has 1 aromatic rings. The Morgan fingerprint density at radius 1 is 1.26 bits per heavy atom. The molecule has 1 saturated heterocycles. The first-order chi connectivity index (χ1) is 14.5. The Hall–Kier alpha value is -2.71. The number of halogens is 5. The van der Waals surface area contributed by atoms with Gasteiger partial charge >= 0.3 is 12.3 Å². The zero-order valence-corrected chi connectivity index (χ0v) is 17.2. The maximum Gasteiger partial charge on any atom is 0.416 e. The summed E-state index contributed by atoms with van der Waals surface area (Å²) in [7, 11) is 0. The largest absolute Gasteiger partial charge is 0.447 e. The van der Waals surface area contributed by atoms with E-state index < -0.39 is 60.5 Å². The van der Waals surface area contributed by atoms with Crippen LogP contribution in [0.25, 0.3) is 0 Å². The van der Waals surface area contributed by atoms with Crippen LogP contribution in [0.4, 0.5) is 26.7 Å². The number of alkyl halides is 4. The number of hydrogen-bond acceptors (Lipinski definition) is 3. The number of amides is 2. The molecule has 2 amide bonds. The van der Waals surface area contributed by atoms with Gasteiger partial charge in [0.1, 0.15) is 18.6 Å². The lowest BCUT2D eigenvalue weighted by Crippen LogP contribution is -2.42. The fourth-order valence-electron chi connectivity index (χ4n) is 3.42. The van der Waals surface area contributed by atoms with Gasteiger partial charge in [-0.1, -0.05) is 42.0 Å². The van der Waals surface area contributed by atoms with Gasteiger partial charge in [-0.25, -0.2) is 18.5 Å². The van der Waals surface area contributed by atoms with E-state index in [0.29, 0.717) is 11.0 Å². The maximum absolute atomic E-state index is 13.8. The van der Waals surface area contributed by atoms with E-state index in [2.05, 4.69) is 0 Å². The Morgan fingerprint density at radius 3 is 2.45 bits per heavy atom. The van der Waals surface area contributed by atoms with Crippen molar-refractivity contribution in [1.29, 1.82) is 0 Å². The molecule has 0 aliphatic carbocycles. The molecule has 0 N–H and O–H groups in total. The first kappa shape index (κ1) is 24.6. The molecule has 1 aromatic carbocycles. The molecular weight excluding hydrogens is 421 g/mol. The number of benzene rings is 1. The van der Waals surface area contributed by atoms with Gasteiger partial charge in [0, 0.05) is 12.8 Å². The van der Waals surface area contributed by atoms with E-state index in [-0.39, 0.29) is 13.0 Å². The third-order valence-corrected chi connectivity index (χ3v) is 4.88. The predicted octanol–water partition coefficient (Wildman–Crippen LogP) is 5.69. The van der Waals surface area contributed by atoms with Gasteiger partial charge in [0.2, 0.25) is 5.91 Å². The summed E-state index contributed by atoms with van der Waals surface area (Å²) < 4.78 is 73.5. The summed E-state index contributed by atoms with van der Waals surface area (Å²) >= 11 is 0. The van der Waals surface area contributed by atoms with Crippen LogP contribution in [0.15, 0.2) is 53.9 Å². The lowest BCUT2D eigenvalue weighted by Gasteiger charge is -2.26. The molecular formula is C22H24F5NO3. The highest BCUT2D eigenvalue weighted by Crippen LogP contribution is 2.38. The van der Waals surface area contributed by atoms with Crippen molar-refractivity contribution in [2.75, 3.05) is 6.61 Å². The quantitative estimate of drug-likeness (QED) is 0.381. The zero-order valence-electron chi connectivity index (χ0n) is 17.2. The zero-order chi connectivity index (χ0) is 23.2. The van der Waals surface area contributed by atoms with Crippen molar-refractivity contribution >= 4 is 12.0 Å². The minimum Gasteiger partial charge on any atom is -0.447 e. The van der Waals surface area contributed by atoms with Gasteiger partial charge in [0.25, 0.3) is 0 Å². The Bertz CT molecular complexity index is 833. The minimum absolute atomic E-state index is 0.145. The average molecular weight is 445 g/mol. The second kappa shape index (κ2) is 10.5.